The molecule has 78 valence electrons. The van der Waals surface area contributed by atoms with Crippen molar-refractivity contribution in [3.8, 4) is 0 Å². The normalized spacial score (nSPS) is 12.8. The minimum atomic E-state index is 0.792. The van der Waals surface area contributed by atoms with Gasteiger partial charge in [0, 0.05) is 16.0 Å². The number of rotatable bonds is 5. The standard InChI is InChI=1S/C12H17BrS/c1-3-11(8-13)9-14-12-6-4-5-10(2)7-12/h4-7,11H,3,8-9H2,1-2H3. The van der Waals surface area contributed by atoms with Gasteiger partial charge in [0.05, 0.1) is 0 Å². The lowest BCUT2D eigenvalue weighted by Crippen LogP contribution is -2.02. The second-order valence-electron chi connectivity index (χ2n) is 3.56. The van der Waals surface area contributed by atoms with E-state index < -0.39 is 0 Å². The topological polar surface area (TPSA) is 0 Å². The summed E-state index contributed by atoms with van der Waals surface area (Å²) >= 11 is 5.51. The summed E-state index contributed by atoms with van der Waals surface area (Å²) in [5, 5.41) is 1.11. The van der Waals surface area contributed by atoms with Crippen LogP contribution in [0.4, 0.5) is 0 Å². The van der Waals surface area contributed by atoms with E-state index in [0.717, 1.165) is 11.2 Å². The number of hydrogen-bond donors (Lipinski definition) is 0. The van der Waals surface area contributed by atoms with E-state index in [0.29, 0.717) is 0 Å². The first-order valence-electron chi connectivity index (χ1n) is 5.01. The Balaban J connectivity index is 2.44. The Morgan fingerprint density at radius 1 is 1.43 bits per heavy atom. The van der Waals surface area contributed by atoms with E-state index in [-0.39, 0.29) is 0 Å². The van der Waals surface area contributed by atoms with Crippen LogP contribution in [0, 0.1) is 12.8 Å². The second-order valence-corrected chi connectivity index (χ2v) is 5.30. The Bertz CT molecular complexity index is 269. The van der Waals surface area contributed by atoms with Gasteiger partial charge in [0.25, 0.3) is 0 Å². The first-order valence-corrected chi connectivity index (χ1v) is 7.12. The predicted octanol–water partition coefficient (Wildman–Crippen LogP) is 4.51. The lowest BCUT2D eigenvalue weighted by atomic mass is 10.2. The first kappa shape index (κ1) is 12.1. The molecule has 0 aliphatic rings. The van der Waals surface area contributed by atoms with Gasteiger partial charge in [-0.2, -0.15) is 0 Å². The molecule has 0 bridgehead atoms. The van der Waals surface area contributed by atoms with Gasteiger partial charge in [0.15, 0.2) is 0 Å². The Morgan fingerprint density at radius 2 is 2.21 bits per heavy atom. The lowest BCUT2D eigenvalue weighted by Gasteiger charge is -2.10. The molecule has 2 heteroatoms. The van der Waals surface area contributed by atoms with E-state index in [4.69, 9.17) is 0 Å². The largest absolute Gasteiger partial charge is 0.126 e. The van der Waals surface area contributed by atoms with E-state index in [2.05, 4.69) is 54.0 Å². The quantitative estimate of drug-likeness (QED) is 0.562. The minimum Gasteiger partial charge on any atom is -0.126 e. The molecule has 14 heavy (non-hydrogen) atoms. The molecular formula is C12H17BrS. The maximum Gasteiger partial charge on any atom is 0.00746 e. The Labute approximate surface area is 99.6 Å². The van der Waals surface area contributed by atoms with Gasteiger partial charge in [-0.15, -0.1) is 11.8 Å². The predicted molar refractivity (Wildman–Crippen MR) is 69.5 cm³/mol. The highest BCUT2D eigenvalue weighted by Gasteiger charge is 2.04. The summed E-state index contributed by atoms with van der Waals surface area (Å²) in [6, 6.07) is 8.73. The van der Waals surface area contributed by atoms with Crippen LogP contribution in [-0.2, 0) is 0 Å². The molecule has 0 fully saturated rings. The van der Waals surface area contributed by atoms with Crippen LogP contribution in [0.1, 0.15) is 18.9 Å². The van der Waals surface area contributed by atoms with Gasteiger partial charge in [-0.25, -0.2) is 0 Å². The van der Waals surface area contributed by atoms with E-state index >= 15 is 0 Å². The van der Waals surface area contributed by atoms with Gasteiger partial charge in [0.2, 0.25) is 0 Å². The summed E-state index contributed by atoms with van der Waals surface area (Å²) in [4.78, 5) is 1.39. The summed E-state index contributed by atoms with van der Waals surface area (Å²) in [5.74, 6) is 2.01. The van der Waals surface area contributed by atoms with Crippen LogP contribution in [0.25, 0.3) is 0 Å². The van der Waals surface area contributed by atoms with E-state index in [1.54, 1.807) is 0 Å². The molecule has 1 atom stereocenters. The second kappa shape index (κ2) is 6.52. The third-order valence-electron chi connectivity index (χ3n) is 2.27. The molecule has 1 rings (SSSR count). The molecular weight excluding hydrogens is 256 g/mol. The highest BCUT2D eigenvalue weighted by Crippen LogP contribution is 2.23. The van der Waals surface area contributed by atoms with Crippen molar-refractivity contribution in [2.75, 3.05) is 11.1 Å². The van der Waals surface area contributed by atoms with Crippen LogP contribution in [0.15, 0.2) is 29.2 Å². The van der Waals surface area contributed by atoms with Crippen LogP contribution in [-0.4, -0.2) is 11.1 Å². The van der Waals surface area contributed by atoms with Crippen LogP contribution in [0.2, 0.25) is 0 Å². The van der Waals surface area contributed by atoms with Crippen LogP contribution < -0.4 is 0 Å². The van der Waals surface area contributed by atoms with Crippen molar-refractivity contribution in [3.05, 3.63) is 29.8 Å². The summed E-state index contributed by atoms with van der Waals surface area (Å²) in [6.07, 6.45) is 1.25. The number of thioether (sulfide) groups is 1. The molecule has 0 aromatic heterocycles. The van der Waals surface area contributed by atoms with E-state index in [9.17, 15) is 0 Å². The molecule has 1 aromatic carbocycles. The number of alkyl halides is 1. The molecule has 0 radical (unpaired) electrons. The van der Waals surface area contributed by atoms with Crippen LogP contribution in [0.3, 0.4) is 0 Å². The third kappa shape index (κ3) is 4.05. The van der Waals surface area contributed by atoms with Crippen LogP contribution >= 0.6 is 27.7 Å². The van der Waals surface area contributed by atoms with Gasteiger partial charge in [-0.3, -0.25) is 0 Å². The fourth-order valence-corrected chi connectivity index (χ4v) is 3.41. The van der Waals surface area contributed by atoms with Crippen LogP contribution in [0.5, 0.6) is 0 Å². The molecule has 0 N–H and O–H groups in total. The number of aryl methyl sites for hydroxylation is 1. The highest BCUT2D eigenvalue weighted by molar-refractivity contribution is 9.09. The van der Waals surface area contributed by atoms with Crippen molar-refractivity contribution in [3.63, 3.8) is 0 Å². The molecule has 0 amide bonds. The summed E-state index contributed by atoms with van der Waals surface area (Å²) in [5.41, 5.74) is 1.35. The zero-order chi connectivity index (χ0) is 10.4. The molecule has 0 heterocycles. The fourth-order valence-electron chi connectivity index (χ4n) is 1.19. The van der Waals surface area contributed by atoms with Gasteiger partial charge < -0.3 is 0 Å². The summed E-state index contributed by atoms with van der Waals surface area (Å²) in [6.45, 7) is 4.40. The van der Waals surface area contributed by atoms with Gasteiger partial charge in [-0.1, -0.05) is 47.0 Å². The van der Waals surface area contributed by atoms with Gasteiger partial charge in [0.1, 0.15) is 0 Å². The van der Waals surface area contributed by atoms with Gasteiger partial charge >= 0.3 is 0 Å². The van der Waals surface area contributed by atoms with Crippen molar-refractivity contribution in [2.45, 2.75) is 25.2 Å². The molecule has 0 saturated carbocycles. The van der Waals surface area contributed by atoms with E-state index in [1.807, 2.05) is 11.8 Å². The molecule has 1 aromatic rings. The van der Waals surface area contributed by atoms with Crippen molar-refractivity contribution in [1.82, 2.24) is 0 Å². The maximum atomic E-state index is 3.55. The molecule has 0 nitrogen and oxygen atoms in total. The monoisotopic (exact) mass is 272 g/mol. The molecule has 0 aliphatic carbocycles. The Kier molecular flexibility index (Phi) is 5.64. The number of hydrogen-bond acceptors (Lipinski definition) is 1. The number of benzene rings is 1. The molecule has 0 saturated heterocycles. The average Bonchev–Trinajstić information content (AvgIpc) is 2.19. The third-order valence-corrected chi connectivity index (χ3v) is 4.41. The molecule has 1 unspecified atom stereocenters. The fraction of sp³-hybridized carbons (Fsp3) is 0.500. The maximum absolute atomic E-state index is 3.55. The Morgan fingerprint density at radius 3 is 2.79 bits per heavy atom. The zero-order valence-corrected chi connectivity index (χ0v) is 11.2. The minimum absolute atomic E-state index is 0.792. The average molecular weight is 273 g/mol. The van der Waals surface area contributed by atoms with Crippen molar-refractivity contribution in [1.29, 1.82) is 0 Å². The Hall–Kier alpha value is 0.0500. The highest BCUT2D eigenvalue weighted by atomic mass is 79.9. The van der Waals surface area contributed by atoms with Gasteiger partial charge in [-0.05, 0) is 25.0 Å². The lowest BCUT2D eigenvalue weighted by molar-refractivity contribution is 0.652. The zero-order valence-electron chi connectivity index (χ0n) is 8.79. The molecule has 0 aliphatic heterocycles. The van der Waals surface area contributed by atoms with Crippen molar-refractivity contribution < 1.29 is 0 Å². The molecule has 0 spiro atoms. The van der Waals surface area contributed by atoms with Crippen molar-refractivity contribution >= 4 is 27.7 Å². The summed E-state index contributed by atoms with van der Waals surface area (Å²) in [7, 11) is 0. The van der Waals surface area contributed by atoms with E-state index in [1.165, 1.54) is 22.6 Å². The number of halogens is 1. The SMILES string of the molecule is CCC(CBr)CSc1cccc(C)c1. The first-order chi connectivity index (χ1) is 6.76. The smallest absolute Gasteiger partial charge is 0.00746 e. The summed E-state index contributed by atoms with van der Waals surface area (Å²) < 4.78 is 0. The van der Waals surface area contributed by atoms with Crippen molar-refractivity contribution in [2.24, 2.45) is 5.92 Å².